The number of carbonyl (C=O) groups is 2. The highest BCUT2D eigenvalue weighted by atomic mass is 32.2. The van der Waals surface area contributed by atoms with Gasteiger partial charge in [-0.1, -0.05) is 12.1 Å². The van der Waals surface area contributed by atoms with E-state index in [9.17, 15) is 18.0 Å². The molecule has 7 nitrogen and oxygen atoms in total. The second-order valence-electron chi connectivity index (χ2n) is 6.51. The van der Waals surface area contributed by atoms with Crippen molar-refractivity contribution in [2.75, 3.05) is 37.3 Å². The molecule has 0 aromatic heterocycles. The van der Waals surface area contributed by atoms with Crippen LogP contribution in [0.3, 0.4) is 0 Å². The van der Waals surface area contributed by atoms with Crippen molar-refractivity contribution in [3.05, 3.63) is 53.6 Å². The fraction of sp³-hybridized carbons (Fsp3) is 0.300. The topological polar surface area (TPSA) is 92.8 Å². The Morgan fingerprint density at radius 2 is 1.83 bits per heavy atom. The molecule has 154 valence electrons. The molecule has 3 rings (SSSR count). The smallest absolute Gasteiger partial charge is 0.261 e. The van der Waals surface area contributed by atoms with Crippen molar-refractivity contribution in [3.8, 4) is 0 Å². The van der Waals surface area contributed by atoms with E-state index in [2.05, 4.69) is 4.72 Å². The third-order valence-corrected chi connectivity index (χ3v) is 6.71. The molecule has 9 heteroatoms. The molecule has 1 aliphatic heterocycles. The molecule has 1 amide bonds. The fourth-order valence-corrected chi connectivity index (χ4v) is 4.62. The molecule has 0 unspecified atom stereocenters. The molecule has 1 aliphatic rings. The highest BCUT2D eigenvalue weighted by Gasteiger charge is 2.24. The van der Waals surface area contributed by atoms with Gasteiger partial charge in [0.2, 0.25) is 0 Å². The van der Waals surface area contributed by atoms with Crippen LogP contribution in [-0.2, 0) is 14.8 Å². The van der Waals surface area contributed by atoms with Gasteiger partial charge in [-0.25, -0.2) is 8.42 Å². The number of morpholine rings is 1. The maximum atomic E-state index is 12.9. The zero-order valence-electron chi connectivity index (χ0n) is 16.2. The molecule has 0 atom stereocenters. The first-order chi connectivity index (χ1) is 13.8. The Morgan fingerprint density at radius 1 is 1.10 bits per heavy atom. The van der Waals surface area contributed by atoms with Gasteiger partial charge in [-0.2, -0.15) is 0 Å². The summed E-state index contributed by atoms with van der Waals surface area (Å²) in [6.45, 7) is 3.29. The van der Waals surface area contributed by atoms with E-state index in [1.165, 1.54) is 36.9 Å². The summed E-state index contributed by atoms with van der Waals surface area (Å²) in [4.78, 5) is 26.8. The summed E-state index contributed by atoms with van der Waals surface area (Å²) in [5.74, 6) is -0.373. The lowest BCUT2D eigenvalue weighted by molar-refractivity contribution is 0.0300. The number of carbonyl (C=O) groups excluding carboxylic acids is 2. The summed E-state index contributed by atoms with van der Waals surface area (Å²) in [5, 5.41) is 0. The first-order valence-electron chi connectivity index (χ1n) is 9.01. The predicted molar refractivity (Wildman–Crippen MR) is 112 cm³/mol. The summed E-state index contributed by atoms with van der Waals surface area (Å²) in [6, 6.07) is 10.8. The van der Waals surface area contributed by atoms with Gasteiger partial charge >= 0.3 is 0 Å². The normalized spacial score (nSPS) is 14.5. The van der Waals surface area contributed by atoms with Crippen LogP contribution in [0.4, 0.5) is 5.69 Å². The van der Waals surface area contributed by atoms with Crippen LogP contribution in [-0.4, -0.2) is 57.6 Å². The summed E-state index contributed by atoms with van der Waals surface area (Å²) < 4.78 is 33.5. The third kappa shape index (κ3) is 4.98. The highest BCUT2D eigenvalue weighted by Crippen LogP contribution is 2.26. The van der Waals surface area contributed by atoms with Crippen LogP contribution in [0.2, 0.25) is 0 Å². The Hall–Kier alpha value is -2.36. The van der Waals surface area contributed by atoms with E-state index in [1.807, 2.05) is 6.26 Å². The second kappa shape index (κ2) is 8.98. The van der Waals surface area contributed by atoms with Crippen LogP contribution in [0, 0.1) is 0 Å². The Labute approximate surface area is 174 Å². The quantitative estimate of drug-likeness (QED) is 0.555. The van der Waals surface area contributed by atoms with E-state index in [0.29, 0.717) is 42.3 Å². The first-order valence-corrected chi connectivity index (χ1v) is 11.7. The van der Waals surface area contributed by atoms with Crippen LogP contribution in [0.25, 0.3) is 0 Å². The number of nitrogens with zero attached hydrogens (tertiary/aromatic N) is 1. The number of rotatable bonds is 6. The van der Waals surface area contributed by atoms with Gasteiger partial charge in [-0.3, -0.25) is 14.3 Å². The highest BCUT2D eigenvalue weighted by molar-refractivity contribution is 7.98. The maximum Gasteiger partial charge on any atom is 0.261 e. The molecule has 0 radical (unpaired) electrons. The van der Waals surface area contributed by atoms with E-state index in [4.69, 9.17) is 4.74 Å². The molecule has 2 aromatic rings. The lowest BCUT2D eigenvalue weighted by Gasteiger charge is -2.27. The number of ketones is 1. The predicted octanol–water partition coefficient (Wildman–Crippen LogP) is 2.88. The number of thioether (sulfide) groups is 1. The molecule has 0 bridgehead atoms. The number of amides is 1. The first kappa shape index (κ1) is 21.4. The number of Topliss-reactive ketones (excluding diaryl/α,β-unsaturated/α-hetero) is 1. The van der Waals surface area contributed by atoms with Gasteiger partial charge in [0.05, 0.1) is 23.7 Å². The van der Waals surface area contributed by atoms with Crippen LogP contribution >= 0.6 is 11.8 Å². The third-order valence-electron chi connectivity index (χ3n) is 4.53. The molecular weight excluding hydrogens is 412 g/mol. The van der Waals surface area contributed by atoms with Gasteiger partial charge in [-0.15, -0.1) is 11.8 Å². The molecule has 2 aromatic carbocycles. The van der Waals surface area contributed by atoms with Crippen molar-refractivity contribution in [3.63, 3.8) is 0 Å². The number of anilines is 1. The molecule has 0 aliphatic carbocycles. The Bertz CT molecular complexity index is 1030. The van der Waals surface area contributed by atoms with Gasteiger partial charge < -0.3 is 9.64 Å². The van der Waals surface area contributed by atoms with Gasteiger partial charge in [0.15, 0.2) is 5.78 Å². The Balaban J connectivity index is 1.92. The van der Waals surface area contributed by atoms with E-state index < -0.39 is 10.0 Å². The van der Waals surface area contributed by atoms with Crippen molar-refractivity contribution in [1.29, 1.82) is 0 Å². The van der Waals surface area contributed by atoms with Crippen molar-refractivity contribution in [2.45, 2.75) is 16.7 Å². The van der Waals surface area contributed by atoms with Crippen LogP contribution < -0.4 is 4.72 Å². The minimum Gasteiger partial charge on any atom is -0.378 e. The SMILES string of the molecule is CSc1ccc(S(=O)(=O)Nc2cccc(C(C)=O)c2)cc1C(=O)N1CCOCC1. The van der Waals surface area contributed by atoms with Crippen molar-refractivity contribution >= 4 is 39.2 Å². The lowest BCUT2D eigenvalue weighted by Crippen LogP contribution is -2.40. The fourth-order valence-electron chi connectivity index (χ4n) is 2.97. The molecular formula is C20H22N2O5S2. The number of benzene rings is 2. The van der Waals surface area contributed by atoms with E-state index >= 15 is 0 Å². The monoisotopic (exact) mass is 434 g/mol. The zero-order chi connectivity index (χ0) is 21.0. The average Bonchev–Trinajstić information content (AvgIpc) is 2.73. The standard InChI is InChI=1S/C20H22N2O5S2/c1-14(23)15-4-3-5-16(12-15)21-29(25,26)17-6-7-19(28-2)18(13-17)20(24)22-8-10-27-11-9-22/h3-7,12-13,21H,8-11H2,1-2H3. The van der Waals surface area contributed by atoms with Crippen LogP contribution in [0.5, 0.6) is 0 Å². The summed E-state index contributed by atoms with van der Waals surface area (Å²) in [7, 11) is -3.93. The van der Waals surface area contributed by atoms with E-state index in [1.54, 1.807) is 29.2 Å². The lowest BCUT2D eigenvalue weighted by atomic mass is 10.1. The number of ether oxygens (including phenoxy) is 1. The Morgan fingerprint density at radius 3 is 2.48 bits per heavy atom. The molecule has 0 spiro atoms. The molecule has 1 heterocycles. The molecule has 1 N–H and O–H groups in total. The minimum atomic E-state index is -3.93. The van der Waals surface area contributed by atoms with Crippen molar-refractivity contribution in [2.24, 2.45) is 0 Å². The van der Waals surface area contributed by atoms with E-state index in [-0.39, 0.29) is 22.3 Å². The largest absolute Gasteiger partial charge is 0.378 e. The number of nitrogens with one attached hydrogen (secondary N) is 1. The number of sulfonamides is 1. The molecule has 1 saturated heterocycles. The summed E-state index contributed by atoms with van der Waals surface area (Å²) >= 11 is 1.38. The summed E-state index contributed by atoms with van der Waals surface area (Å²) in [6.07, 6.45) is 1.84. The average molecular weight is 435 g/mol. The Kier molecular flexibility index (Phi) is 6.61. The van der Waals surface area contributed by atoms with Gasteiger partial charge in [0, 0.05) is 29.2 Å². The zero-order valence-corrected chi connectivity index (χ0v) is 17.8. The maximum absolute atomic E-state index is 12.9. The van der Waals surface area contributed by atoms with Crippen molar-refractivity contribution < 1.29 is 22.7 Å². The summed E-state index contributed by atoms with van der Waals surface area (Å²) in [5.41, 5.74) is 1.04. The van der Waals surface area contributed by atoms with Crippen LogP contribution in [0.15, 0.2) is 52.3 Å². The van der Waals surface area contributed by atoms with Gasteiger partial charge in [0.1, 0.15) is 0 Å². The number of hydrogen-bond donors (Lipinski definition) is 1. The number of hydrogen-bond acceptors (Lipinski definition) is 6. The molecule has 29 heavy (non-hydrogen) atoms. The van der Waals surface area contributed by atoms with Gasteiger partial charge in [-0.05, 0) is 43.5 Å². The molecule has 1 fully saturated rings. The second-order valence-corrected chi connectivity index (χ2v) is 9.04. The van der Waals surface area contributed by atoms with Gasteiger partial charge in [0.25, 0.3) is 15.9 Å². The molecule has 0 saturated carbocycles. The van der Waals surface area contributed by atoms with Crippen LogP contribution in [0.1, 0.15) is 27.6 Å². The minimum absolute atomic E-state index is 0.0138. The van der Waals surface area contributed by atoms with E-state index in [0.717, 1.165) is 0 Å². The van der Waals surface area contributed by atoms with Crippen molar-refractivity contribution in [1.82, 2.24) is 4.90 Å².